The number of thiophene rings is 1. The van der Waals surface area contributed by atoms with Crippen LogP contribution in [-0.4, -0.2) is 35.3 Å². The van der Waals surface area contributed by atoms with Gasteiger partial charge >= 0.3 is 5.97 Å². The highest BCUT2D eigenvalue weighted by molar-refractivity contribution is 7.22. The molecule has 1 aliphatic rings. The molecule has 1 aromatic carbocycles. The van der Waals surface area contributed by atoms with Crippen molar-refractivity contribution in [3.05, 3.63) is 46.7 Å². The van der Waals surface area contributed by atoms with Gasteiger partial charge in [-0.25, -0.2) is 22.4 Å². The molecule has 134 valence electrons. The molecule has 1 fully saturated rings. The van der Waals surface area contributed by atoms with E-state index in [1.165, 1.54) is 17.2 Å². The minimum atomic E-state index is -1.34. The Kier molecular flexibility index (Phi) is 3.83. The van der Waals surface area contributed by atoms with E-state index in [9.17, 15) is 27.5 Å². The third kappa shape index (κ3) is 2.50. The molecule has 1 saturated heterocycles. The molecular weight excluding hydrogens is 372 g/mol. The highest BCUT2D eigenvalue weighted by Gasteiger charge is 2.33. The summed E-state index contributed by atoms with van der Waals surface area (Å²) in [4.78, 5) is 17.2. The average Bonchev–Trinajstić information content (AvgIpc) is 2.94. The summed E-state index contributed by atoms with van der Waals surface area (Å²) in [6.07, 6.45) is 0.235. The molecule has 0 radical (unpaired) electrons. The lowest BCUT2D eigenvalue weighted by atomic mass is 10.0. The third-order valence-electron chi connectivity index (χ3n) is 4.18. The molecule has 0 unspecified atom stereocenters. The second-order valence-electron chi connectivity index (χ2n) is 5.87. The number of carboxylic acid groups (broad SMARTS) is 1. The Bertz CT molecular complexity index is 1050. The molecule has 0 bridgehead atoms. The van der Waals surface area contributed by atoms with Gasteiger partial charge in [0.2, 0.25) is 0 Å². The number of hydrogen-bond donors (Lipinski definition) is 1. The van der Waals surface area contributed by atoms with Gasteiger partial charge in [-0.3, -0.25) is 4.98 Å². The van der Waals surface area contributed by atoms with Crippen LogP contribution in [0.3, 0.4) is 0 Å². The molecule has 9 heteroatoms. The molecule has 0 spiro atoms. The summed E-state index contributed by atoms with van der Waals surface area (Å²) in [5.41, 5.74) is 0.278. The highest BCUT2D eigenvalue weighted by Crippen LogP contribution is 2.44. The van der Waals surface area contributed by atoms with Crippen LogP contribution < -0.4 is 4.90 Å². The first-order chi connectivity index (χ1) is 12.4. The number of carbonyl (C=O) groups is 1. The van der Waals surface area contributed by atoms with E-state index in [2.05, 4.69) is 4.98 Å². The monoisotopic (exact) mass is 382 g/mol. The normalized spacial score (nSPS) is 14.7. The number of aromatic carboxylic acids is 1. The number of carboxylic acids is 1. The third-order valence-corrected chi connectivity index (χ3v) is 5.37. The number of rotatable bonds is 3. The Morgan fingerprint density at radius 3 is 2.62 bits per heavy atom. The SMILES string of the molecule is O=C(O)c1sc2c(-c3cc(F)cc(F)c3F)ccnc2c1N1CC(F)C1. The molecule has 4 rings (SSSR count). The fourth-order valence-electron chi connectivity index (χ4n) is 2.99. The fraction of sp³-hybridized carbons (Fsp3) is 0.176. The lowest BCUT2D eigenvalue weighted by Gasteiger charge is -2.36. The number of anilines is 1. The summed E-state index contributed by atoms with van der Waals surface area (Å²) in [5, 5.41) is 9.47. The van der Waals surface area contributed by atoms with E-state index in [-0.39, 0.29) is 45.0 Å². The quantitative estimate of drug-likeness (QED) is 0.544. The number of nitrogens with zero attached hydrogens (tertiary/aromatic N) is 2. The smallest absolute Gasteiger partial charge is 0.348 e. The predicted molar refractivity (Wildman–Crippen MR) is 89.0 cm³/mol. The van der Waals surface area contributed by atoms with Crippen LogP contribution in [-0.2, 0) is 0 Å². The van der Waals surface area contributed by atoms with Crippen LogP contribution in [0.5, 0.6) is 0 Å². The number of pyridine rings is 1. The summed E-state index contributed by atoms with van der Waals surface area (Å²) < 4.78 is 54.9. The van der Waals surface area contributed by atoms with E-state index in [1.54, 1.807) is 0 Å². The number of aromatic nitrogens is 1. The topological polar surface area (TPSA) is 53.4 Å². The molecule has 2 aromatic heterocycles. The first-order valence-electron chi connectivity index (χ1n) is 7.55. The van der Waals surface area contributed by atoms with Gasteiger partial charge in [0.25, 0.3) is 0 Å². The maximum atomic E-state index is 14.2. The summed E-state index contributed by atoms with van der Waals surface area (Å²) >= 11 is 0.815. The molecule has 3 heterocycles. The van der Waals surface area contributed by atoms with E-state index < -0.39 is 29.6 Å². The molecule has 4 nitrogen and oxygen atoms in total. The van der Waals surface area contributed by atoms with Crippen LogP contribution in [0.1, 0.15) is 9.67 Å². The molecule has 1 aliphatic heterocycles. The number of fused-ring (bicyclic) bond motifs is 1. The largest absolute Gasteiger partial charge is 0.477 e. The maximum absolute atomic E-state index is 14.2. The van der Waals surface area contributed by atoms with Crippen LogP contribution in [0.25, 0.3) is 21.3 Å². The Balaban J connectivity index is 1.99. The van der Waals surface area contributed by atoms with Crippen LogP contribution in [0, 0.1) is 17.5 Å². The maximum Gasteiger partial charge on any atom is 0.348 e. The van der Waals surface area contributed by atoms with Crippen LogP contribution in [0.4, 0.5) is 23.2 Å². The van der Waals surface area contributed by atoms with Gasteiger partial charge in [0.15, 0.2) is 11.6 Å². The molecule has 3 aromatic rings. The van der Waals surface area contributed by atoms with E-state index >= 15 is 0 Å². The van der Waals surface area contributed by atoms with Gasteiger partial charge in [-0.1, -0.05) is 0 Å². The van der Waals surface area contributed by atoms with Gasteiger partial charge in [-0.2, -0.15) is 0 Å². The zero-order valence-electron chi connectivity index (χ0n) is 13.0. The standard InChI is InChI=1S/C17H10F4N2O2S/c18-7-3-10(12(21)11(20)4-7)9-1-2-22-13-14(23-5-8(19)6-23)16(17(24)25)26-15(9)13/h1-4,8H,5-6H2,(H,24,25). The summed E-state index contributed by atoms with van der Waals surface area (Å²) in [6, 6.07) is 2.63. The van der Waals surface area contributed by atoms with E-state index in [1.807, 2.05) is 0 Å². The minimum Gasteiger partial charge on any atom is -0.477 e. The van der Waals surface area contributed by atoms with Crippen molar-refractivity contribution in [1.29, 1.82) is 0 Å². The molecule has 1 N–H and O–H groups in total. The van der Waals surface area contributed by atoms with Crippen molar-refractivity contribution in [1.82, 2.24) is 4.98 Å². The molecular formula is C17H10F4N2O2S. The van der Waals surface area contributed by atoms with Crippen molar-refractivity contribution >= 4 is 33.2 Å². The summed E-state index contributed by atoms with van der Waals surface area (Å²) in [7, 11) is 0. The van der Waals surface area contributed by atoms with Gasteiger partial charge in [0.05, 0.1) is 23.5 Å². The van der Waals surface area contributed by atoms with Crippen LogP contribution in [0.15, 0.2) is 24.4 Å². The van der Waals surface area contributed by atoms with Gasteiger partial charge < -0.3 is 10.0 Å². The van der Waals surface area contributed by atoms with Crippen molar-refractivity contribution in [3.8, 4) is 11.1 Å². The second-order valence-corrected chi connectivity index (χ2v) is 6.89. The number of benzene rings is 1. The average molecular weight is 382 g/mol. The first-order valence-corrected chi connectivity index (χ1v) is 8.37. The molecule has 0 amide bonds. The Labute approximate surface area is 148 Å². The van der Waals surface area contributed by atoms with Gasteiger partial charge in [-0.15, -0.1) is 11.3 Å². The van der Waals surface area contributed by atoms with Gasteiger partial charge in [0, 0.05) is 23.4 Å². The summed E-state index contributed by atoms with van der Waals surface area (Å²) in [6.45, 7) is 0.0575. The fourth-order valence-corrected chi connectivity index (χ4v) is 4.14. The highest BCUT2D eigenvalue weighted by atomic mass is 32.1. The van der Waals surface area contributed by atoms with E-state index in [0.29, 0.717) is 6.07 Å². The van der Waals surface area contributed by atoms with Crippen molar-refractivity contribution < 1.29 is 27.5 Å². The van der Waals surface area contributed by atoms with Crippen molar-refractivity contribution in [2.75, 3.05) is 18.0 Å². The molecule has 0 saturated carbocycles. The van der Waals surface area contributed by atoms with Gasteiger partial charge in [-0.05, 0) is 12.1 Å². The predicted octanol–water partition coefficient (Wildman–Crippen LogP) is 4.24. The van der Waals surface area contributed by atoms with Crippen molar-refractivity contribution in [3.63, 3.8) is 0 Å². The van der Waals surface area contributed by atoms with E-state index in [4.69, 9.17) is 0 Å². The van der Waals surface area contributed by atoms with Crippen molar-refractivity contribution in [2.45, 2.75) is 6.17 Å². The zero-order chi connectivity index (χ0) is 18.6. The summed E-state index contributed by atoms with van der Waals surface area (Å²) in [5.74, 6) is -4.77. The molecule has 0 aliphatic carbocycles. The lowest BCUT2D eigenvalue weighted by molar-refractivity contribution is 0.0702. The molecule has 0 atom stereocenters. The Morgan fingerprint density at radius 1 is 1.23 bits per heavy atom. The number of alkyl halides is 1. The zero-order valence-corrected chi connectivity index (χ0v) is 13.8. The Hall–Kier alpha value is -2.68. The number of halogens is 4. The lowest BCUT2D eigenvalue weighted by Crippen LogP contribution is -2.48. The van der Waals surface area contributed by atoms with Crippen LogP contribution in [0.2, 0.25) is 0 Å². The van der Waals surface area contributed by atoms with E-state index in [0.717, 1.165) is 17.4 Å². The second kappa shape index (κ2) is 5.94. The first kappa shape index (κ1) is 16.8. The van der Waals surface area contributed by atoms with Crippen molar-refractivity contribution in [2.24, 2.45) is 0 Å². The Morgan fingerprint density at radius 2 is 1.96 bits per heavy atom. The van der Waals surface area contributed by atoms with Crippen LogP contribution >= 0.6 is 11.3 Å². The number of hydrogen-bond acceptors (Lipinski definition) is 4. The minimum absolute atomic E-state index is 0.0287. The van der Waals surface area contributed by atoms with Gasteiger partial charge in [0.1, 0.15) is 22.4 Å². The molecule has 26 heavy (non-hydrogen) atoms.